The number of anilines is 1. The van der Waals surface area contributed by atoms with Crippen LogP contribution >= 0.6 is 11.3 Å². The molecule has 0 saturated heterocycles. The van der Waals surface area contributed by atoms with Crippen LogP contribution in [0.15, 0.2) is 69.6 Å². The molecule has 2 aromatic carbocycles. The van der Waals surface area contributed by atoms with Gasteiger partial charge in [-0.05, 0) is 73.8 Å². The highest BCUT2D eigenvalue weighted by atomic mass is 32.1. The quantitative estimate of drug-likeness (QED) is 0.429. The van der Waals surface area contributed by atoms with Crippen molar-refractivity contribution in [3.8, 4) is 17.2 Å². The summed E-state index contributed by atoms with van der Waals surface area (Å²) in [6, 6.07) is 15.4. The van der Waals surface area contributed by atoms with E-state index in [0.717, 1.165) is 4.57 Å². The van der Waals surface area contributed by atoms with E-state index in [0.29, 0.717) is 46.3 Å². The van der Waals surface area contributed by atoms with Gasteiger partial charge in [-0.2, -0.15) is 0 Å². The van der Waals surface area contributed by atoms with E-state index in [1.54, 1.807) is 60.0 Å². The summed E-state index contributed by atoms with van der Waals surface area (Å²) in [5, 5.41) is 4.52. The summed E-state index contributed by atoms with van der Waals surface area (Å²) in [5.74, 6) is 0.960. The average molecular weight is 466 g/mol. The van der Waals surface area contributed by atoms with Crippen LogP contribution in [0.4, 0.5) is 5.69 Å². The van der Waals surface area contributed by atoms with Gasteiger partial charge < -0.3 is 14.8 Å². The van der Waals surface area contributed by atoms with Gasteiger partial charge in [-0.15, -0.1) is 11.3 Å². The molecule has 2 aromatic heterocycles. The van der Waals surface area contributed by atoms with E-state index in [1.165, 1.54) is 15.9 Å². The van der Waals surface area contributed by atoms with Crippen LogP contribution in [0.5, 0.6) is 11.5 Å². The Kier molecular flexibility index (Phi) is 6.60. The van der Waals surface area contributed by atoms with E-state index in [-0.39, 0.29) is 12.5 Å². The molecule has 4 aromatic rings. The zero-order valence-corrected chi connectivity index (χ0v) is 19.1. The first-order valence-electron chi connectivity index (χ1n) is 10.5. The lowest BCUT2D eigenvalue weighted by Gasteiger charge is -2.13. The van der Waals surface area contributed by atoms with Gasteiger partial charge in [-0.25, -0.2) is 9.36 Å². The van der Waals surface area contributed by atoms with Crippen LogP contribution in [-0.4, -0.2) is 28.3 Å². The molecule has 9 heteroatoms. The molecule has 170 valence electrons. The number of hydrogen-bond donors (Lipinski definition) is 1. The number of nitrogens with one attached hydrogen (secondary N) is 1. The number of carbonyl (C=O) groups excluding carboxylic acids is 1. The lowest BCUT2D eigenvalue weighted by molar-refractivity contribution is -0.116. The lowest BCUT2D eigenvalue weighted by atomic mass is 10.3. The van der Waals surface area contributed by atoms with Crippen molar-refractivity contribution in [1.29, 1.82) is 0 Å². The number of ether oxygens (including phenoxy) is 2. The van der Waals surface area contributed by atoms with Crippen LogP contribution in [0, 0.1) is 0 Å². The van der Waals surface area contributed by atoms with Gasteiger partial charge in [0, 0.05) is 5.69 Å². The van der Waals surface area contributed by atoms with Gasteiger partial charge in [0.15, 0.2) is 0 Å². The number of benzene rings is 2. The third-order valence-electron chi connectivity index (χ3n) is 4.91. The van der Waals surface area contributed by atoms with Crippen LogP contribution in [0.2, 0.25) is 0 Å². The molecular weight excluding hydrogens is 442 g/mol. The molecule has 0 unspecified atom stereocenters. The second-order valence-corrected chi connectivity index (χ2v) is 7.99. The molecule has 1 N–H and O–H groups in total. The Balaban J connectivity index is 1.67. The molecule has 0 spiro atoms. The fraction of sp³-hybridized carbons (Fsp3) is 0.208. The Morgan fingerprint density at radius 3 is 2.12 bits per heavy atom. The van der Waals surface area contributed by atoms with Crippen molar-refractivity contribution < 1.29 is 14.3 Å². The summed E-state index contributed by atoms with van der Waals surface area (Å²) >= 11 is 1.23. The van der Waals surface area contributed by atoms with Crippen LogP contribution in [0.25, 0.3) is 15.9 Å². The molecular formula is C24H23N3O5S. The van der Waals surface area contributed by atoms with Crippen molar-refractivity contribution in [2.75, 3.05) is 18.5 Å². The SMILES string of the molecule is CCOc1ccc(NC(=O)Cn2c(=O)n(-c3ccc(OCC)cc3)c(=O)c3sccc32)cc1. The van der Waals surface area contributed by atoms with Gasteiger partial charge in [-0.3, -0.25) is 14.2 Å². The summed E-state index contributed by atoms with van der Waals surface area (Å²) in [6.07, 6.45) is 0. The topological polar surface area (TPSA) is 91.6 Å². The minimum atomic E-state index is -0.586. The molecule has 2 heterocycles. The minimum Gasteiger partial charge on any atom is -0.494 e. The Morgan fingerprint density at radius 2 is 1.52 bits per heavy atom. The highest BCUT2D eigenvalue weighted by Gasteiger charge is 2.18. The highest BCUT2D eigenvalue weighted by Crippen LogP contribution is 2.19. The van der Waals surface area contributed by atoms with Crippen LogP contribution in [-0.2, 0) is 11.3 Å². The second kappa shape index (κ2) is 9.74. The molecule has 0 radical (unpaired) electrons. The predicted molar refractivity (Wildman–Crippen MR) is 129 cm³/mol. The van der Waals surface area contributed by atoms with Gasteiger partial charge >= 0.3 is 5.69 Å². The number of rotatable bonds is 8. The molecule has 0 aliphatic rings. The summed E-state index contributed by atoms with van der Waals surface area (Å²) in [4.78, 5) is 39.1. The lowest BCUT2D eigenvalue weighted by Crippen LogP contribution is -2.40. The highest BCUT2D eigenvalue weighted by molar-refractivity contribution is 7.17. The Labute approximate surface area is 193 Å². The van der Waals surface area contributed by atoms with Crippen molar-refractivity contribution in [1.82, 2.24) is 9.13 Å². The molecule has 4 rings (SSSR count). The number of hydrogen-bond acceptors (Lipinski definition) is 6. The number of thiophene rings is 1. The Bertz CT molecular complexity index is 1390. The van der Waals surface area contributed by atoms with Gasteiger partial charge in [0.1, 0.15) is 22.7 Å². The summed E-state index contributed by atoms with van der Waals surface area (Å²) in [7, 11) is 0. The van der Waals surface area contributed by atoms with E-state index in [9.17, 15) is 14.4 Å². The first kappa shape index (κ1) is 22.3. The molecule has 0 bridgehead atoms. The number of fused-ring (bicyclic) bond motifs is 1. The summed E-state index contributed by atoms with van der Waals surface area (Å²) < 4.78 is 13.6. The Hall–Kier alpha value is -3.85. The molecule has 0 fully saturated rings. The second-order valence-electron chi connectivity index (χ2n) is 7.08. The monoisotopic (exact) mass is 465 g/mol. The third kappa shape index (κ3) is 4.68. The summed E-state index contributed by atoms with van der Waals surface area (Å²) in [5.41, 5.74) is 0.413. The van der Waals surface area contributed by atoms with Gasteiger partial charge in [0.2, 0.25) is 5.91 Å². The number of amides is 1. The van der Waals surface area contributed by atoms with Crippen LogP contribution in [0.1, 0.15) is 13.8 Å². The average Bonchev–Trinajstić information content (AvgIpc) is 3.30. The van der Waals surface area contributed by atoms with Crippen molar-refractivity contribution >= 4 is 33.1 Å². The molecule has 0 saturated carbocycles. The van der Waals surface area contributed by atoms with Gasteiger partial charge in [0.25, 0.3) is 5.56 Å². The minimum absolute atomic E-state index is 0.239. The smallest absolute Gasteiger partial charge is 0.336 e. The fourth-order valence-electron chi connectivity index (χ4n) is 3.47. The normalized spacial score (nSPS) is 10.8. The maximum Gasteiger partial charge on any atom is 0.336 e. The zero-order valence-electron chi connectivity index (χ0n) is 18.2. The first-order chi connectivity index (χ1) is 16.0. The van der Waals surface area contributed by atoms with Crippen molar-refractivity contribution in [3.05, 3.63) is 80.8 Å². The van der Waals surface area contributed by atoms with Gasteiger partial charge in [0.05, 0.1) is 24.4 Å². The van der Waals surface area contributed by atoms with E-state index in [1.807, 2.05) is 13.8 Å². The van der Waals surface area contributed by atoms with Crippen LogP contribution < -0.4 is 26.0 Å². The first-order valence-corrected chi connectivity index (χ1v) is 11.4. The largest absolute Gasteiger partial charge is 0.494 e. The van der Waals surface area contributed by atoms with E-state index < -0.39 is 11.2 Å². The fourth-order valence-corrected chi connectivity index (χ4v) is 4.30. The Morgan fingerprint density at radius 1 is 0.909 bits per heavy atom. The molecule has 0 aliphatic heterocycles. The third-order valence-corrected chi connectivity index (χ3v) is 5.80. The van der Waals surface area contributed by atoms with Gasteiger partial charge in [-0.1, -0.05) is 0 Å². The van der Waals surface area contributed by atoms with Crippen molar-refractivity contribution in [2.45, 2.75) is 20.4 Å². The van der Waals surface area contributed by atoms with E-state index in [4.69, 9.17) is 9.47 Å². The summed E-state index contributed by atoms with van der Waals surface area (Å²) in [6.45, 7) is 4.59. The molecule has 0 aliphatic carbocycles. The maximum absolute atomic E-state index is 13.3. The number of nitrogens with zero attached hydrogens (tertiary/aromatic N) is 2. The van der Waals surface area contributed by atoms with Crippen molar-refractivity contribution in [2.24, 2.45) is 0 Å². The molecule has 1 amide bonds. The maximum atomic E-state index is 13.3. The predicted octanol–water partition coefficient (Wildman–Crippen LogP) is 3.65. The molecule has 0 atom stereocenters. The van der Waals surface area contributed by atoms with Crippen molar-refractivity contribution in [3.63, 3.8) is 0 Å². The number of aromatic nitrogens is 2. The van der Waals surface area contributed by atoms with E-state index >= 15 is 0 Å². The molecule has 33 heavy (non-hydrogen) atoms. The number of carbonyl (C=O) groups is 1. The van der Waals surface area contributed by atoms with E-state index in [2.05, 4.69) is 5.32 Å². The van der Waals surface area contributed by atoms with Crippen LogP contribution in [0.3, 0.4) is 0 Å². The standard InChI is InChI=1S/C24H23N3O5S/c1-3-31-18-9-5-16(6-10-18)25-21(28)15-26-20-13-14-33-22(20)23(29)27(24(26)30)17-7-11-19(12-8-17)32-4-2/h5-14H,3-4,15H2,1-2H3,(H,25,28). The zero-order chi connectivity index (χ0) is 23.4. The molecule has 8 nitrogen and oxygen atoms in total.